The summed E-state index contributed by atoms with van der Waals surface area (Å²) < 4.78 is 6.09. The molecule has 172 valence electrons. The van der Waals surface area contributed by atoms with Gasteiger partial charge in [0.1, 0.15) is 0 Å². The van der Waals surface area contributed by atoms with Gasteiger partial charge in [0.05, 0.1) is 27.6 Å². The van der Waals surface area contributed by atoms with Crippen molar-refractivity contribution in [1.82, 2.24) is 8.97 Å². The van der Waals surface area contributed by atoms with Crippen LogP contribution in [0.3, 0.4) is 0 Å². The zero-order valence-electron chi connectivity index (χ0n) is 20.1. The molecular formula is C32H27BrN2. The van der Waals surface area contributed by atoms with E-state index in [0.29, 0.717) is 5.92 Å². The molecule has 0 aliphatic carbocycles. The first-order valence-corrected chi connectivity index (χ1v) is 13.4. The smallest absolute Gasteiger partial charge is 0.0810 e. The standard InChI is InChI=1S/C32H27BrN2/c1-3-4-9-20(2)21-10-7-11-23(18-21)34-28-17-16-22(33)19-26(28)30-29-15-8-14-27-24-12-5-6-13-25(24)31(32(30)34)35(27)29/h5-8,10-20H,3-4,9H2,1-2H3. The topological polar surface area (TPSA) is 9.34 Å². The highest BCUT2D eigenvalue weighted by molar-refractivity contribution is 9.10. The van der Waals surface area contributed by atoms with Crippen LogP contribution in [0.4, 0.5) is 0 Å². The second-order valence-electron chi connectivity index (χ2n) is 9.88. The second-order valence-corrected chi connectivity index (χ2v) is 10.8. The summed E-state index contributed by atoms with van der Waals surface area (Å²) in [5.74, 6) is 0.553. The molecule has 0 spiro atoms. The number of aromatic nitrogens is 2. The summed E-state index contributed by atoms with van der Waals surface area (Å²) in [5, 5.41) is 5.25. The third kappa shape index (κ3) is 2.94. The number of hydrogen-bond acceptors (Lipinski definition) is 0. The molecule has 0 radical (unpaired) electrons. The van der Waals surface area contributed by atoms with Crippen molar-refractivity contribution in [3.05, 3.63) is 95.0 Å². The summed E-state index contributed by atoms with van der Waals surface area (Å²) in [6.07, 6.45) is 3.74. The molecule has 1 unspecified atom stereocenters. The highest BCUT2D eigenvalue weighted by Crippen LogP contribution is 2.45. The number of benzene rings is 3. The number of halogens is 1. The van der Waals surface area contributed by atoms with Crippen LogP contribution >= 0.6 is 15.9 Å². The summed E-state index contributed by atoms with van der Waals surface area (Å²) >= 11 is 3.75. The Morgan fingerprint density at radius 3 is 2.40 bits per heavy atom. The van der Waals surface area contributed by atoms with Crippen LogP contribution in [0, 0.1) is 0 Å². The quantitative estimate of drug-likeness (QED) is 0.214. The molecule has 1 atom stereocenters. The van der Waals surface area contributed by atoms with E-state index in [1.165, 1.54) is 79.6 Å². The van der Waals surface area contributed by atoms with E-state index in [0.717, 1.165) is 4.47 Å². The maximum absolute atomic E-state index is 3.75. The maximum atomic E-state index is 3.75. The van der Waals surface area contributed by atoms with Crippen molar-refractivity contribution in [3.63, 3.8) is 0 Å². The Morgan fingerprint density at radius 2 is 1.54 bits per heavy atom. The number of rotatable bonds is 5. The van der Waals surface area contributed by atoms with Crippen molar-refractivity contribution in [2.24, 2.45) is 0 Å². The fourth-order valence-electron chi connectivity index (χ4n) is 6.08. The molecule has 3 aromatic carbocycles. The monoisotopic (exact) mass is 518 g/mol. The van der Waals surface area contributed by atoms with Gasteiger partial charge in [-0.05, 0) is 60.4 Å². The van der Waals surface area contributed by atoms with E-state index in [4.69, 9.17) is 0 Å². The van der Waals surface area contributed by atoms with Crippen LogP contribution in [0.5, 0.6) is 0 Å². The van der Waals surface area contributed by atoms with Crippen molar-refractivity contribution in [1.29, 1.82) is 0 Å². The Morgan fingerprint density at radius 1 is 0.743 bits per heavy atom. The lowest BCUT2D eigenvalue weighted by Crippen LogP contribution is -1.98. The van der Waals surface area contributed by atoms with Gasteiger partial charge in [-0.2, -0.15) is 0 Å². The first-order chi connectivity index (χ1) is 17.2. The van der Waals surface area contributed by atoms with Crippen LogP contribution in [-0.4, -0.2) is 8.97 Å². The van der Waals surface area contributed by atoms with Gasteiger partial charge in [0.25, 0.3) is 0 Å². The molecule has 7 aromatic rings. The third-order valence-corrected chi connectivity index (χ3v) is 8.26. The van der Waals surface area contributed by atoms with Gasteiger partial charge in [-0.1, -0.05) is 85.1 Å². The van der Waals surface area contributed by atoms with Gasteiger partial charge in [-0.25, -0.2) is 0 Å². The average molecular weight is 519 g/mol. The van der Waals surface area contributed by atoms with Crippen LogP contribution in [0.1, 0.15) is 44.6 Å². The number of hydrogen-bond donors (Lipinski definition) is 0. The van der Waals surface area contributed by atoms with Crippen LogP contribution in [0.25, 0.3) is 54.8 Å². The first kappa shape index (κ1) is 21.0. The van der Waals surface area contributed by atoms with Crippen molar-refractivity contribution >= 4 is 65.1 Å². The minimum atomic E-state index is 0.553. The molecule has 4 heterocycles. The van der Waals surface area contributed by atoms with E-state index in [1.54, 1.807) is 0 Å². The lowest BCUT2D eigenvalue weighted by Gasteiger charge is -2.14. The molecule has 3 heteroatoms. The Labute approximate surface area is 213 Å². The van der Waals surface area contributed by atoms with Crippen LogP contribution in [-0.2, 0) is 0 Å². The molecule has 0 fully saturated rings. The van der Waals surface area contributed by atoms with Crippen LogP contribution in [0.2, 0.25) is 0 Å². The van der Waals surface area contributed by atoms with E-state index >= 15 is 0 Å². The Bertz CT molecular complexity index is 1870. The summed E-state index contributed by atoms with van der Waals surface area (Å²) in [5.41, 5.74) is 9.08. The van der Waals surface area contributed by atoms with Gasteiger partial charge in [0, 0.05) is 31.7 Å². The van der Waals surface area contributed by atoms with E-state index < -0.39 is 0 Å². The molecule has 0 bridgehead atoms. The second kappa shape index (κ2) is 7.86. The van der Waals surface area contributed by atoms with E-state index in [9.17, 15) is 0 Å². The highest BCUT2D eigenvalue weighted by atomic mass is 79.9. The van der Waals surface area contributed by atoms with Crippen molar-refractivity contribution in [3.8, 4) is 5.69 Å². The zero-order valence-corrected chi connectivity index (χ0v) is 21.6. The van der Waals surface area contributed by atoms with Gasteiger partial charge in [-0.15, -0.1) is 0 Å². The molecular weight excluding hydrogens is 492 g/mol. The van der Waals surface area contributed by atoms with Crippen LogP contribution in [0.15, 0.2) is 89.4 Å². The molecule has 2 nitrogen and oxygen atoms in total. The largest absolute Gasteiger partial charge is 0.307 e. The minimum Gasteiger partial charge on any atom is -0.307 e. The molecule has 4 aromatic heterocycles. The van der Waals surface area contributed by atoms with Crippen molar-refractivity contribution in [2.75, 3.05) is 0 Å². The first-order valence-electron chi connectivity index (χ1n) is 12.6. The molecule has 35 heavy (non-hydrogen) atoms. The minimum absolute atomic E-state index is 0.553. The summed E-state index contributed by atoms with van der Waals surface area (Å²) in [6.45, 7) is 4.64. The maximum Gasteiger partial charge on any atom is 0.0810 e. The number of unbranched alkanes of at least 4 members (excludes halogenated alkanes) is 1. The van der Waals surface area contributed by atoms with Gasteiger partial charge in [-0.3, -0.25) is 0 Å². The molecule has 7 rings (SSSR count). The average Bonchev–Trinajstić information content (AvgIpc) is 3.51. The summed E-state index contributed by atoms with van der Waals surface area (Å²) in [7, 11) is 0. The predicted octanol–water partition coefficient (Wildman–Crippen LogP) is 9.84. The van der Waals surface area contributed by atoms with E-state index in [2.05, 4.69) is 124 Å². The fourth-order valence-corrected chi connectivity index (χ4v) is 6.45. The van der Waals surface area contributed by atoms with Crippen molar-refractivity contribution in [2.45, 2.75) is 39.0 Å². The Kier molecular flexibility index (Phi) is 4.72. The lowest BCUT2D eigenvalue weighted by molar-refractivity contribution is 0.624. The predicted molar refractivity (Wildman–Crippen MR) is 154 cm³/mol. The lowest BCUT2D eigenvalue weighted by atomic mass is 9.95. The zero-order chi connectivity index (χ0) is 23.7. The van der Waals surface area contributed by atoms with Crippen molar-refractivity contribution < 1.29 is 0 Å². The van der Waals surface area contributed by atoms with Gasteiger partial charge in [0.15, 0.2) is 0 Å². The number of pyridine rings is 1. The van der Waals surface area contributed by atoms with Gasteiger partial charge >= 0.3 is 0 Å². The molecule has 0 saturated carbocycles. The third-order valence-electron chi connectivity index (χ3n) is 7.77. The fraction of sp³-hybridized carbons (Fsp3) is 0.188. The molecule has 0 aliphatic heterocycles. The highest BCUT2D eigenvalue weighted by Gasteiger charge is 2.24. The number of fused-ring (bicyclic) bond motifs is 8. The van der Waals surface area contributed by atoms with E-state index in [-0.39, 0.29) is 0 Å². The summed E-state index contributed by atoms with van der Waals surface area (Å²) in [6, 6.07) is 31.5. The van der Waals surface area contributed by atoms with Gasteiger partial charge < -0.3 is 8.97 Å². The normalized spacial score (nSPS) is 13.2. The molecule has 0 N–H and O–H groups in total. The van der Waals surface area contributed by atoms with Crippen LogP contribution < -0.4 is 0 Å². The molecule has 0 aliphatic rings. The van der Waals surface area contributed by atoms with Gasteiger partial charge in [0.2, 0.25) is 0 Å². The Balaban J connectivity index is 1.65. The SMILES string of the molecule is CCCCC(C)c1cccc(-n2c3ccc(Br)cc3c3c2c2c4ccccc4c4cccc3n42)c1. The number of nitrogens with zero attached hydrogens (tertiary/aromatic N) is 2. The Hall–Kier alpha value is -3.30. The molecule has 0 saturated heterocycles. The molecule has 0 amide bonds. The summed E-state index contributed by atoms with van der Waals surface area (Å²) in [4.78, 5) is 0. The van der Waals surface area contributed by atoms with E-state index in [1.807, 2.05) is 0 Å².